The number of carbonyl (C=O) groups excluding carboxylic acids is 2. The summed E-state index contributed by atoms with van der Waals surface area (Å²) in [6.07, 6.45) is 6.15. The maximum absolute atomic E-state index is 12.7. The molecule has 4 aromatic rings. The van der Waals surface area contributed by atoms with Crippen LogP contribution in [0.25, 0.3) is 22.3 Å². The molecule has 0 radical (unpaired) electrons. The maximum atomic E-state index is 12.7. The highest BCUT2D eigenvalue weighted by Gasteiger charge is 2.48. The van der Waals surface area contributed by atoms with Gasteiger partial charge in [-0.15, -0.1) is 0 Å². The first-order chi connectivity index (χ1) is 17.9. The van der Waals surface area contributed by atoms with E-state index in [0.29, 0.717) is 44.6 Å². The van der Waals surface area contributed by atoms with Crippen LogP contribution in [0.3, 0.4) is 0 Å². The van der Waals surface area contributed by atoms with Crippen LogP contribution < -0.4 is 11.1 Å². The minimum atomic E-state index is -0.334. The zero-order valence-corrected chi connectivity index (χ0v) is 20.5. The van der Waals surface area contributed by atoms with Crippen molar-refractivity contribution in [1.29, 1.82) is 0 Å². The molecule has 1 aliphatic carbocycles. The van der Waals surface area contributed by atoms with Gasteiger partial charge in [0, 0.05) is 23.9 Å². The number of fused-ring (bicyclic) bond motifs is 3. The average Bonchev–Trinajstić information content (AvgIpc) is 3.62. The number of rotatable bonds is 5. The van der Waals surface area contributed by atoms with Gasteiger partial charge in [0.05, 0.1) is 22.5 Å². The molecule has 1 aromatic carbocycles. The highest BCUT2D eigenvalue weighted by atomic mass is 35.5. The Bertz CT molecular complexity index is 1550. The van der Waals surface area contributed by atoms with Crippen LogP contribution >= 0.6 is 11.6 Å². The van der Waals surface area contributed by atoms with Crippen molar-refractivity contribution < 1.29 is 9.59 Å². The Morgan fingerprint density at radius 1 is 1.14 bits per heavy atom. The molecule has 37 heavy (non-hydrogen) atoms. The molecule has 3 N–H and O–H groups in total. The van der Waals surface area contributed by atoms with Gasteiger partial charge >= 0.3 is 0 Å². The van der Waals surface area contributed by atoms with Crippen molar-refractivity contribution in [2.45, 2.75) is 24.9 Å². The van der Waals surface area contributed by atoms with E-state index in [9.17, 15) is 9.59 Å². The second kappa shape index (κ2) is 8.97. The van der Waals surface area contributed by atoms with Crippen LogP contribution in [-0.4, -0.2) is 54.0 Å². The molecule has 1 aliphatic heterocycles. The van der Waals surface area contributed by atoms with E-state index in [4.69, 9.17) is 22.4 Å². The number of pyridine rings is 1. The third-order valence-corrected chi connectivity index (χ3v) is 7.44. The molecular formula is C26H23ClN8O2. The van der Waals surface area contributed by atoms with E-state index in [2.05, 4.69) is 26.8 Å². The summed E-state index contributed by atoms with van der Waals surface area (Å²) in [5, 5.41) is 8.59. The van der Waals surface area contributed by atoms with Gasteiger partial charge in [0.25, 0.3) is 5.91 Å². The van der Waals surface area contributed by atoms with Gasteiger partial charge in [-0.1, -0.05) is 30.3 Å². The second-order valence-corrected chi connectivity index (χ2v) is 9.69. The highest BCUT2D eigenvalue weighted by molar-refractivity contribution is 6.34. The molecule has 3 atom stereocenters. The van der Waals surface area contributed by atoms with Crippen molar-refractivity contribution in [2.24, 2.45) is 5.92 Å². The zero-order valence-electron chi connectivity index (χ0n) is 19.7. The summed E-state index contributed by atoms with van der Waals surface area (Å²) in [6.45, 7) is 4.37. The first kappa shape index (κ1) is 23.1. The molecule has 2 bridgehead atoms. The summed E-state index contributed by atoms with van der Waals surface area (Å²) in [4.78, 5) is 39.9. The summed E-state index contributed by atoms with van der Waals surface area (Å²) in [7, 11) is 0. The lowest BCUT2D eigenvalue weighted by atomic mass is 10.1. The Kier molecular flexibility index (Phi) is 5.60. The van der Waals surface area contributed by atoms with Crippen molar-refractivity contribution in [1.82, 2.24) is 29.6 Å². The van der Waals surface area contributed by atoms with E-state index >= 15 is 0 Å². The number of nitrogen functional groups attached to an aromatic ring is 1. The molecule has 2 aliphatic rings. The van der Waals surface area contributed by atoms with Crippen molar-refractivity contribution in [2.75, 3.05) is 17.6 Å². The van der Waals surface area contributed by atoms with Crippen LogP contribution in [0.5, 0.6) is 0 Å². The van der Waals surface area contributed by atoms with Gasteiger partial charge in [-0.05, 0) is 49.1 Å². The number of nitrogens with two attached hydrogens (primary N) is 1. The van der Waals surface area contributed by atoms with Crippen LogP contribution in [0, 0.1) is 5.92 Å². The fourth-order valence-electron chi connectivity index (χ4n) is 5.51. The number of aromatic nitrogens is 5. The van der Waals surface area contributed by atoms with Crippen molar-refractivity contribution in [3.63, 3.8) is 0 Å². The monoisotopic (exact) mass is 514 g/mol. The molecule has 0 unspecified atom stereocenters. The van der Waals surface area contributed by atoms with E-state index in [1.165, 1.54) is 12.4 Å². The molecule has 0 spiro atoms. The lowest BCUT2D eigenvalue weighted by molar-refractivity contribution is -0.128. The summed E-state index contributed by atoms with van der Waals surface area (Å²) < 4.78 is 1.86. The molecule has 6 rings (SSSR count). The molecule has 2 amide bonds. The summed E-state index contributed by atoms with van der Waals surface area (Å²) in [5.74, 6) is 0.699. The molecule has 3 aromatic heterocycles. The maximum Gasteiger partial charge on any atom is 0.256 e. The van der Waals surface area contributed by atoms with Gasteiger partial charge in [0.2, 0.25) is 5.91 Å². The molecule has 1 saturated heterocycles. The van der Waals surface area contributed by atoms with Crippen LogP contribution in [0.1, 0.15) is 29.2 Å². The summed E-state index contributed by atoms with van der Waals surface area (Å²) in [6, 6.07) is 10.2. The first-order valence-corrected chi connectivity index (χ1v) is 12.3. The Labute approximate surface area is 217 Å². The van der Waals surface area contributed by atoms with Crippen LogP contribution in [-0.2, 0) is 4.79 Å². The molecule has 1 saturated carbocycles. The molecule has 10 nitrogen and oxygen atoms in total. The fraction of sp³-hybridized carbons (Fsp3) is 0.231. The fourth-order valence-corrected chi connectivity index (χ4v) is 5.78. The van der Waals surface area contributed by atoms with Crippen LogP contribution in [0.15, 0.2) is 61.6 Å². The third-order valence-electron chi connectivity index (χ3n) is 7.13. The lowest BCUT2D eigenvalue weighted by Crippen LogP contribution is -2.42. The molecular weight excluding hydrogens is 492 g/mol. The van der Waals surface area contributed by atoms with Crippen LogP contribution in [0.2, 0.25) is 5.02 Å². The SMILES string of the molecule is C=CC(=O)N1C[C@@H]2C[C@H]1[C@@H](n1nc(-c3ccc(C(=O)Nc4ccccn4)cc3Cl)c3c(N)ncnc31)C2. The lowest BCUT2D eigenvalue weighted by Gasteiger charge is -2.32. The van der Waals surface area contributed by atoms with Crippen molar-refractivity contribution in [3.05, 3.63) is 72.2 Å². The predicted molar refractivity (Wildman–Crippen MR) is 140 cm³/mol. The van der Waals surface area contributed by atoms with Gasteiger partial charge in [-0.2, -0.15) is 5.10 Å². The Balaban J connectivity index is 1.38. The standard InChI is InChI=1S/C26H23ClN8O2/c1-2-21(36)34-12-14-9-18(34)19(10-14)35-25-22(24(28)30-13-31-25)23(33-35)16-7-6-15(11-17(16)27)26(37)32-20-5-3-4-8-29-20/h2-8,11,13-14,18-19H,1,9-10,12H2,(H2,28,30,31)(H,29,32,37)/t14-,18+,19+/m1/s1. The minimum Gasteiger partial charge on any atom is -0.383 e. The Hall–Kier alpha value is -4.31. The number of nitrogens with one attached hydrogen (secondary N) is 1. The van der Waals surface area contributed by atoms with E-state index in [1.807, 2.05) is 9.58 Å². The summed E-state index contributed by atoms with van der Waals surface area (Å²) in [5.41, 5.74) is 8.38. The van der Waals surface area contributed by atoms with Crippen molar-refractivity contribution >= 4 is 46.1 Å². The topological polar surface area (TPSA) is 132 Å². The van der Waals surface area contributed by atoms with Crippen LogP contribution in [0.4, 0.5) is 11.6 Å². The Morgan fingerprint density at radius 3 is 2.70 bits per heavy atom. The normalized spacial score (nSPS) is 20.4. The van der Waals surface area contributed by atoms with Gasteiger partial charge in [-0.3, -0.25) is 9.59 Å². The molecule has 4 heterocycles. The third kappa shape index (κ3) is 3.89. The first-order valence-electron chi connectivity index (χ1n) is 11.9. The number of piperidine rings is 1. The van der Waals surface area contributed by atoms with E-state index in [-0.39, 0.29) is 29.7 Å². The van der Waals surface area contributed by atoms with E-state index in [0.717, 1.165) is 19.4 Å². The average molecular weight is 515 g/mol. The van der Waals surface area contributed by atoms with Gasteiger partial charge in [0.1, 0.15) is 23.7 Å². The van der Waals surface area contributed by atoms with Gasteiger partial charge in [-0.25, -0.2) is 19.6 Å². The minimum absolute atomic E-state index is 0.00391. The smallest absolute Gasteiger partial charge is 0.256 e. The number of hydrogen-bond donors (Lipinski definition) is 2. The number of halogens is 1. The predicted octanol–water partition coefficient (Wildman–Crippen LogP) is 3.72. The number of hydrogen-bond acceptors (Lipinski definition) is 7. The molecule has 2 fully saturated rings. The second-order valence-electron chi connectivity index (χ2n) is 9.28. The van der Waals surface area contributed by atoms with Gasteiger partial charge in [0.15, 0.2) is 5.65 Å². The molecule has 186 valence electrons. The van der Waals surface area contributed by atoms with E-state index < -0.39 is 0 Å². The number of nitrogens with zero attached hydrogens (tertiary/aromatic N) is 6. The van der Waals surface area contributed by atoms with Gasteiger partial charge < -0.3 is 16.0 Å². The largest absolute Gasteiger partial charge is 0.383 e. The highest BCUT2D eigenvalue weighted by Crippen LogP contribution is 2.46. The number of anilines is 2. The molecule has 11 heteroatoms. The zero-order chi connectivity index (χ0) is 25.7. The van der Waals surface area contributed by atoms with E-state index in [1.54, 1.807) is 42.6 Å². The number of likely N-dealkylation sites (tertiary alicyclic amines) is 1. The quantitative estimate of drug-likeness (QED) is 0.388. The summed E-state index contributed by atoms with van der Waals surface area (Å²) >= 11 is 6.69. The Morgan fingerprint density at radius 2 is 1.97 bits per heavy atom. The number of amides is 2. The van der Waals surface area contributed by atoms with Crippen molar-refractivity contribution in [3.8, 4) is 11.3 Å². The number of carbonyl (C=O) groups is 2. The number of benzene rings is 1.